The van der Waals surface area contributed by atoms with Gasteiger partial charge in [0.15, 0.2) is 29.2 Å². The van der Waals surface area contributed by atoms with Crippen LogP contribution in [-0.4, -0.2) is 68.3 Å². The summed E-state index contributed by atoms with van der Waals surface area (Å²) in [7, 11) is 0. The van der Waals surface area contributed by atoms with Crippen LogP contribution in [0.4, 0.5) is 5.95 Å². The lowest BCUT2D eigenvalue weighted by Crippen LogP contribution is -2.40. The number of amides is 1. The van der Waals surface area contributed by atoms with Crippen molar-refractivity contribution in [2.45, 2.75) is 52.2 Å². The average Bonchev–Trinajstić information content (AvgIpc) is 3.21. The van der Waals surface area contributed by atoms with Gasteiger partial charge in [-0.05, 0) is 0 Å². The number of rotatable bonds is 6. The van der Waals surface area contributed by atoms with Crippen molar-refractivity contribution in [3.8, 4) is 0 Å². The van der Waals surface area contributed by atoms with Gasteiger partial charge in [-0.25, -0.2) is 4.98 Å². The van der Waals surface area contributed by atoms with Crippen molar-refractivity contribution in [1.29, 1.82) is 0 Å². The van der Waals surface area contributed by atoms with E-state index >= 15 is 0 Å². The van der Waals surface area contributed by atoms with E-state index in [4.69, 9.17) is 30.5 Å². The standard InChI is InChI=1S/C18H20ClN5O8/c1-7(25)21-18-22-15(19)12-16(23-18)24(6-20-12)17-14(31-10(4)28)13(30-9(3)27)11(32-17)5-29-8(2)26/h6,11,13-14,17H,5H2,1-4H3,(H,21,22,23,25)/t11-,13+,14+,17-/m1/s1. The predicted octanol–water partition coefficient (Wildman–Crippen LogP) is 0.762. The van der Waals surface area contributed by atoms with Gasteiger partial charge in [-0.2, -0.15) is 9.97 Å². The fraction of sp³-hybridized carbons (Fsp3) is 0.500. The highest BCUT2D eigenvalue weighted by Crippen LogP contribution is 2.36. The monoisotopic (exact) mass is 469 g/mol. The maximum atomic E-state index is 11.8. The number of carbonyl (C=O) groups excluding carboxylic acids is 4. The molecule has 2 aromatic heterocycles. The molecule has 1 amide bonds. The molecule has 2 aromatic rings. The average molecular weight is 470 g/mol. The third-order valence-electron chi connectivity index (χ3n) is 4.28. The highest BCUT2D eigenvalue weighted by molar-refractivity contribution is 6.33. The molecule has 0 saturated carbocycles. The normalized spacial score (nSPS) is 22.4. The first-order valence-electron chi connectivity index (χ1n) is 9.37. The number of hydrogen-bond donors (Lipinski definition) is 1. The van der Waals surface area contributed by atoms with Gasteiger partial charge in [0.2, 0.25) is 11.9 Å². The lowest BCUT2D eigenvalue weighted by molar-refractivity contribution is -0.166. The van der Waals surface area contributed by atoms with Crippen molar-refractivity contribution in [3.63, 3.8) is 0 Å². The van der Waals surface area contributed by atoms with Gasteiger partial charge in [-0.3, -0.25) is 29.1 Å². The summed E-state index contributed by atoms with van der Waals surface area (Å²) in [6, 6.07) is 0. The third kappa shape index (κ3) is 5.11. The van der Waals surface area contributed by atoms with Gasteiger partial charge in [-0.15, -0.1) is 0 Å². The summed E-state index contributed by atoms with van der Waals surface area (Å²) < 4.78 is 23.1. The highest BCUT2D eigenvalue weighted by Gasteiger charge is 2.51. The van der Waals surface area contributed by atoms with Crippen LogP contribution < -0.4 is 5.32 Å². The van der Waals surface area contributed by atoms with Crippen LogP contribution in [0, 0.1) is 0 Å². The molecule has 4 atom stereocenters. The molecule has 0 aliphatic carbocycles. The van der Waals surface area contributed by atoms with E-state index in [1.807, 2.05) is 0 Å². The molecule has 14 heteroatoms. The number of halogens is 1. The lowest BCUT2D eigenvalue weighted by atomic mass is 10.1. The number of anilines is 1. The molecule has 0 bridgehead atoms. The number of hydrogen-bond acceptors (Lipinski definition) is 11. The van der Waals surface area contributed by atoms with Gasteiger partial charge >= 0.3 is 17.9 Å². The van der Waals surface area contributed by atoms with E-state index in [1.54, 1.807) is 0 Å². The number of fused-ring (bicyclic) bond motifs is 1. The van der Waals surface area contributed by atoms with Gasteiger partial charge in [0.25, 0.3) is 0 Å². The number of aromatic nitrogens is 4. The molecule has 1 saturated heterocycles. The zero-order chi connectivity index (χ0) is 23.6. The first-order valence-corrected chi connectivity index (χ1v) is 9.75. The second-order valence-corrected chi connectivity index (χ2v) is 7.22. The van der Waals surface area contributed by atoms with E-state index in [9.17, 15) is 19.2 Å². The first-order chi connectivity index (χ1) is 15.1. The minimum absolute atomic E-state index is 0.0347. The molecule has 13 nitrogen and oxygen atoms in total. The Bertz CT molecular complexity index is 1070. The molecule has 3 rings (SSSR count). The van der Waals surface area contributed by atoms with E-state index in [2.05, 4.69) is 20.3 Å². The van der Waals surface area contributed by atoms with Crippen LogP contribution in [0.5, 0.6) is 0 Å². The molecule has 0 unspecified atom stereocenters. The molecule has 1 aliphatic rings. The Kier molecular flexibility index (Phi) is 6.89. The maximum Gasteiger partial charge on any atom is 0.303 e. The Labute approximate surface area is 186 Å². The summed E-state index contributed by atoms with van der Waals surface area (Å²) in [5, 5.41) is 2.39. The van der Waals surface area contributed by atoms with E-state index in [-0.39, 0.29) is 28.9 Å². The van der Waals surface area contributed by atoms with Crippen molar-refractivity contribution in [3.05, 3.63) is 11.5 Å². The fourth-order valence-corrected chi connectivity index (χ4v) is 3.41. The maximum absolute atomic E-state index is 11.8. The first kappa shape index (κ1) is 23.3. The van der Waals surface area contributed by atoms with Crippen LogP contribution in [0.2, 0.25) is 5.15 Å². The Morgan fingerprint density at radius 2 is 1.72 bits per heavy atom. The van der Waals surface area contributed by atoms with Gasteiger partial charge in [0.05, 0.1) is 6.33 Å². The van der Waals surface area contributed by atoms with Crippen LogP contribution in [0.15, 0.2) is 6.33 Å². The second-order valence-electron chi connectivity index (χ2n) is 6.86. The minimum atomic E-state index is -1.13. The van der Waals surface area contributed by atoms with Crippen molar-refractivity contribution >= 4 is 52.5 Å². The summed E-state index contributed by atoms with van der Waals surface area (Å²) in [5.41, 5.74) is 0.351. The van der Waals surface area contributed by atoms with E-state index < -0.39 is 48.4 Å². The molecular formula is C18H20ClN5O8. The third-order valence-corrected chi connectivity index (χ3v) is 4.54. The predicted molar refractivity (Wildman–Crippen MR) is 106 cm³/mol. The molecule has 172 valence electrons. The molecule has 0 radical (unpaired) electrons. The number of nitrogens with zero attached hydrogens (tertiary/aromatic N) is 4. The fourth-order valence-electron chi connectivity index (χ4n) is 3.20. The number of imidazole rings is 1. The molecule has 3 heterocycles. The van der Waals surface area contributed by atoms with E-state index in [0.29, 0.717) is 0 Å². The van der Waals surface area contributed by atoms with E-state index in [0.717, 1.165) is 0 Å². The number of carbonyl (C=O) groups is 4. The number of esters is 3. The Balaban J connectivity index is 2.06. The molecule has 1 N–H and O–H groups in total. The SMILES string of the molecule is CC(=O)Nc1nc(Cl)c2ncn([C@@H]3O[C@H](COC(C)=O)[C@H](OC(C)=O)[C@@H]3OC(C)=O)c2n1. The Hall–Kier alpha value is -3.32. The molecule has 32 heavy (non-hydrogen) atoms. The van der Waals surface area contributed by atoms with Crippen LogP contribution in [-0.2, 0) is 38.1 Å². The van der Waals surface area contributed by atoms with Gasteiger partial charge in [0, 0.05) is 27.7 Å². The minimum Gasteiger partial charge on any atom is -0.463 e. The van der Waals surface area contributed by atoms with Crippen LogP contribution in [0.25, 0.3) is 11.2 Å². The molecule has 0 aromatic carbocycles. The summed E-state index contributed by atoms with van der Waals surface area (Å²) in [6.45, 7) is 4.59. The van der Waals surface area contributed by atoms with Crippen molar-refractivity contribution in [2.75, 3.05) is 11.9 Å². The summed E-state index contributed by atoms with van der Waals surface area (Å²) >= 11 is 6.17. The van der Waals surface area contributed by atoms with Crippen LogP contribution in [0.3, 0.4) is 0 Å². The highest BCUT2D eigenvalue weighted by atomic mass is 35.5. The summed E-state index contributed by atoms with van der Waals surface area (Å²) in [5.74, 6) is -2.39. The Morgan fingerprint density at radius 3 is 2.31 bits per heavy atom. The van der Waals surface area contributed by atoms with Gasteiger partial charge in [-0.1, -0.05) is 11.6 Å². The van der Waals surface area contributed by atoms with Crippen LogP contribution >= 0.6 is 11.6 Å². The van der Waals surface area contributed by atoms with Crippen LogP contribution in [0.1, 0.15) is 33.9 Å². The quantitative estimate of drug-likeness (QED) is 0.361. The smallest absolute Gasteiger partial charge is 0.303 e. The number of ether oxygens (including phenoxy) is 4. The van der Waals surface area contributed by atoms with E-state index in [1.165, 1.54) is 38.6 Å². The lowest BCUT2D eigenvalue weighted by Gasteiger charge is -2.23. The molecular weight excluding hydrogens is 450 g/mol. The largest absolute Gasteiger partial charge is 0.463 e. The van der Waals surface area contributed by atoms with Crippen molar-refractivity contribution in [2.24, 2.45) is 0 Å². The molecule has 0 spiro atoms. The Morgan fingerprint density at radius 1 is 1.06 bits per heavy atom. The van der Waals surface area contributed by atoms with Crippen molar-refractivity contribution < 1.29 is 38.1 Å². The second kappa shape index (κ2) is 9.44. The topological polar surface area (TPSA) is 161 Å². The molecule has 1 aliphatic heterocycles. The van der Waals surface area contributed by atoms with Crippen molar-refractivity contribution in [1.82, 2.24) is 19.5 Å². The zero-order valence-electron chi connectivity index (χ0n) is 17.5. The zero-order valence-corrected chi connectivity index (χ0v) is 18.3. The van der Waals surface area contributed by atoms with Gasteiger partial charge in [0.1, 0.15) is 18.2 Å². The number of nitrogens with one attached hydrogen (secondary N) is 1. The van der Waals surface area contributed by atoms with Gasteiger partial charge < -0.3 is 18.9 Å². The summed E-state index contributed by atoms with van der Waals surface area (Å²) in [4.78, 5) is 58.5. The summed E-state index contributed by atoms with van der Waals surface area (Å²) in [6.07, 6.45) is -2.94. The molecule has 1 fully saturated rings.